The summed E-state index contributed by atoms with van der Waals surface area (Å²) in [4.78, 5) is 32.6. The van der Waals surface area contributed by atoms with Crippen LogP contribution >= 0.6 is 0 Å². The molecule has 3 heterocycles. The monoisotopic (exact) mass is 462 g/mol. The Labute approximate surface area is 195 Å². The standard InChI is InChI=1S/C24H22N4O6/c29-23(18-12-25-10-11-26-18)28-19-13-31-22-20(14-32-21(19)22)34-24(30)27-15-6-8-17(9-7-15)33-16-4-2-1-3-5-16/h1-12,19-22H,13-14H2,(H,27,30)(H,28,29)/t19-,20-,21-,22+/m0/s1. The number of amides is 2. The topological polar surface area (TPSA) is 121 Å². The molecule has 0 saturated carbocycles. The van der Waals surface area contributed by atoms with Crippen LogP contribution in [0.3, 0.4) is 0 Å². The zero-order valence-corrected chi connectivity index (χ0v) is 18.0. The molecule has 2 fully saturated rings. The van der Waals surface area contributed by atoms with Gasteiger partial charge in [0.1, 0.15) is 29.4 Å². The molecule has 0 unspecified atom stereocenters. The number of carbonyl (C=O) groups excluding carboxylic acids is 2. The highest BCUT2D eigenvalue weighted by Crippen LogP contribution is 2.29. The molecule has 2 aliphatic heterocycles. The number of hydrogen-bond donors (Lipinski definition) is 2. The Morgan fingerprint density at radius 3 is 2.44 bits per heavy atom. The van der Waals surface area contributed by atoms with E-state index < -0.39 is 24.4 Å². The number of nitrogens with one attached hydrogen (secondary N) is 2. The lowest BCUT2D eigenvalue weighted by Crippen LogP contribution is -2.44. The molecule has 0 radical (unpaired) electrons. The first-order valence-corrected chi connectivity index (χ1v) is 10.8. The van der Waals surface area contributed by atoms with Crippen molar-refractivity contribution in [1.82, 2.24) is 15.3 Å². The van der Waals surface area contributed by atoms with Crippen molar-refractivity contribution in [2.75, 3.05) is 18.5 Å². The Balaban J connectivity index is 1.12. The van der Waals surface area contributed by atoms with E-state index in [4.69, 9.17) is 18.9 Å². The second kappa shape index (κ2) is 9.86. The van der Waals surface area contributed by atoms with Crippen molar-refractivity contribution in [3.63, 3.8) is 0 Å². The summed E-state index contributed by atoms with van der Waals surface area (Å²) >= 11 is 0. The molecule has 3 aromatic rings. The van der Waals surface area contributed by atoms with Crippen LogP contribution < -0.4 is 15.4 Å². The fourth-order valence-electron chi connectivity index (χ4n) is 3.86. The summed E-state index contributed by atoms with van der Waals surface area (Å²) in [5, 5.41) is 5.54. The molecule has 34 heavy (non-hydrogen) atoms. The number of rotatable bonds is 6. The van der Waals surface area contributed by atoms with Gasteiger partial charge in [-0.15, -0.1) is 0 Å². The summed E-state index contributed by atoms with van der Waals surface area (Å²) in [6, 6.07) is 16.0. The molecule has 2 aromatic carbocycles. The molecule has 5 rings (SSSR count). The number of carbonyl (C=O) groups is 2. The van der Waals surface area contributed by atoms with E-state index in [0.29, 0.717) is 11.4 Å². The third kappa shape index (κ3) is 4.98. The van der Waals surface area contributed by atoms with Crippen molar-refractivity contribution in [1.29, 1.82) is 0 Å². The molecule has 0 bridgehead atoms. The van der Waals surface area contributed by atoms with Crippen molar-refractivity contribution in [3.05, 3.63) is 78.9 Å². The van der Waals surface area contributed by atoms with Crippen LogP contribution in [0.2, 0.25) is 0 Å². The van der Waals surface area contributed by atoms with E-state index in [9.17, 15) is 9.59 Å². The molecular formula is C24H22N4O6. The Morgan fingerprint density at radius 2 is 1.68 bits per heavy atom. The van der Waals surface area contributed by atoms with E-state index >= 15 is 0 Å². The maximum Gasteiger partial charge on any atom is 0.412 e. The maximum atomic E-state index is 12.4. The first kappa shape index (κ1) is 21.8. The van der Waals surface area contributed by atoms with Gasteiger partial charge in [-0.2, -0.15) is 0 Å². The number of ether oxygens (including phenoxy) is 4. The summed E-state index contributed by atoms with van der Waals surface area (Å²) in [7, 11) is 0. The number of nitrogens with zero attached hydrogens (tertiary/aromatic N) is 2. The van der Waals surface area contributed by atoms with Gasteiger partial charge in [0.2, 0.25) is 0 Å². The molecule has 0 spiro atoms. The van der Waals surface area contributed by atoms with Gasteiger partial charge >= 0.3 is 6.09 Å². The predicted octanol–water partition coefficient (Wildman–Crippen LogP) is 2.78. The molecule has 2 aliphatic rings. The Hall–Kier alpha value is -4.02. The minimum absolute atomic E-state index is 0.171. The van der Waals surface area contributed by atoms with Crippen LogP contribution in [0.5, 0.6) is 11.5 Å². The van der Waals surface area contributed by atoms with Crippen molar-refractivity contribution in [3.8, 4) is 11.5 Å². The first-order valence-electron chi connectivity index (χ1n) is 10.8. The third-order valence-electron chi connectivity index (χ3n) is 5.46. The van der Waals surface area contributed by atoms with Crippen LogP contribution in [0.25, 0.3) is 0 Å². The molecular weight excluding hydrogens is 440 g/mol. The normalized spacial score (nSPS) is 23.1. The highest BCUT2D eigenvalue weighted by molar-refractivity contribution is 5.92. The van der Waals surface area contributed by atoms with Crippen LogP contribution in [0.1, 0.15) is 10.5 Å². The van der Waals surface area contributed by atoms with Crippen LogP contribution in [-0.4, -0.2) is 59.5 Å². The van der Waals surface area contributed by atoms with Crippen molar-refractivity contribution < 1.29 is 28.5 Å². The van der Waals surface area contributed by atoms with Crippen molar-refractivity contribution in [2.45, 2.75) is 24.4 Å². The van der Waals surface area contributed by atoms with E-state index in [2.05, 4.69) is 20.6 Å². The summed E-state index contributed by atoms with van der Waals surface area (Å²) < 4.78 is 22.8. The zero-order valence-electron chi connectivity index (χ0n) is 18.0. The summed E-state index contributed by atoms with van der Waals surface area (Å²) in [6.07, 6.45) is 2.21. The molecule has 10 nitrogen and oxygen atoms in total. The second-order valence-corrected chi connectivity index (χ2v) is 7.77. The van der Waals surface area contributed by atoms with E-state index in [1.54, 1.807) is 24.3 Å². The molecule has 4 atom stereocenters. The molecule has 10 heteroatoms. The first-order chi connectivity index (χ1) is 16.7. The van der Waals surface area contributed by atoms with Crippen LogP contribution in [-0.2, 0) is 14.2 Å². The van der Waals surface area contributed by atoms with E-state index in [0.717, 1.165) is 5.75 Å². The summed E-state index contributed by atoms with van der Waals surface area (Å²) in [6.45, 7) is 0.413. The third-order valence-corrected chi connectivity index (χ3v) is 5.46. The average molecular weight is 462 g/mol. The van der Waals surface area contributed by atoms with Crippen LogP contribution in [0, 0.1) is 0 Å². The number of aromatic nitrogens is 2. The van der Waals surface area contributed by atoms with E-state index in [1.165, 1.54) is 18.6 Å². The lowest BCUT2D eigenvalue weighted by Gasteiger charge is -2.18. The van der Waals surface area contributed by atoms with Gasteiger partial charge < -0.3 is 24.3 Å². The van der Waals surface area contributed by atoms with Crippen LogP contribution in [0.4, 0.5) is 10.5 Å². The van der Waals surface area contributed by atoms with Crippen molar-refractivity contribution >= 4 is 17.7 Å². The fourth-order valence-corrected chi connectivity index (χ4v) is 3.86. The summed E-state index contributed by atoms with van der Waals surface area (Å²) in [5.74, 6) is 1.000. The average Bonchev–Trinajstić information content (AvgIpc) is 3.45. The molecule has 0 aliphatic carbocycles. The lowest BCUT2D eigenvalue weighted by atomic mass is 10.1. The smallest absolute Gasteiger partial charge is 0.412 e. The zero-order chi connectivity index (χ0) is 23.3. The Bertz CT molecular complexity index is 1130. The van der Waals surface area contributed by atoms with E-state index in [-0.39, 0.29) is 30.9 Å². The quantitative estimate of drug-likeness (QED) is 0.574. The predicted molar refractivity (Wildman–Crippen MR) is 120 cm³/mol. The highest BCUT2D eigenvalue weighted by Gasteiger charge is 2.50. The van der Waals surface area contributed by atoms with Gasteiger partial charge in [-0.1, -0.05) is 18.2 Å². The maximum absolute atomic E-state index is 12.4. The molecule has 2 amide bonds. The van der Waals surface area contributed by atoms with Gasteiger partial charge in [-0.25, -0.2) is 9.78 Å². The number of hydrogen-bond acceptors (Lipinski definition) is 8. The van der Waals surface area contributed by atoms with Gasteiger partial charge in [0.25, 0.3) is 5.91 Å². The number of para-hydroxylation sites is 1. The number of fused-ring (bicyclic) bond motifs is 1. The summed E-state index contributed by atoms with van der Waals surface area (Å²) in [5.41, 5.74) is 0.763. The van der Waals surface area contributed by atoms with Gasteiger partial charge in [0.05, 0.1) is 25.5 Å². The highest BCUT2D eigenvalue weighted by atomic mass is 16.6. The van der Waals surface area contributed by atoms with Gasteiger partial charge in [0, 0.05) is 18.1 Å². The van der Waals surface area contributed by atoms with Gasteiger partial charge in [-0.3, -0.25) is 15.1 Å². The molecule has 2 saturated heterocycles. The molecule has 2 N–H and O–H groups in total. The Kier molecular flexibility index (Phi) is 6.32. The SMILES string of the molecule is O=C(Nc1ccc(Oc2ccccc2)cc1)O[C@H]1CO[C@@H]2[C@@H]1OC[C@@H]2NC(=O)c1cnccn1. The number of benzene rings is 2. The van der Waals surface area contributed by atoms with Crippen LogP contribution in [0.15, 0.2) is 73.2 Å². The van der Waals surface area contributed by atoms with Gasteiger partial charge in [0.15, 0.2) is 6.10 Å². The fraction of sp³-hybridized carbons (Fsp3) is 0.250. The minimum Gasteiger partial charge on any atom is -0.457 e. The Morgan fingerprint density at radius 1 is 0.912 bits per heavy atom. The lowest BCUT2D eigenvalue weighted by molar-refractivity contribution is 0.00861. The van der Waals surface area contributed by atoms with E-state index in [1.807, 2.05) is 30.3 Å². The van der Waals surface area contributed by atoms with Crippen molar-refractivity contribution in [2.24, 2.45) is 0 Å². The second-order valence-electron chi connectivity index (χ2n) is 7.77. The largest absolute Gasteiger partial charge is 0.457 e. The molecule has 1 aromatic heterocycles. The molecule has 174 valence electrons. The van der Waals surface area contributed by atoms with Gasteiger partial charge in [-0.05, 0) is 36.4 Å². The number of anilines is 1. The minimum atomic E-state index is -0.623.